The van der Waals surface area contributed by atoms with E-state index in [1.165, 1.54) is 5.56 Å². The topological polar surface area (TPSA) is 44.5 Å². The summed E-state index contributed by atoms with van der Waals surface area (Å²) in [6.07, 6.45) is 1.05. The number of hydrogen-bond acceptors (Lipinski definition) is 3. The molecular weight excluding hydrogens is 226 g/mol. The van der Waals surface area contributed by atoms with Gasteiger partial charge in [0.15, 0.2) is 11.5 Å². The monoisotopic (exact) mass is 251 g/mol. The second-order valence-corrected chi connectivity index (χ2v) is 5.50. The summed E-state index contributed by atoms with van der Waals surface area (Å²) in [5, 5.41) is 0. The van der Waals surface area contributed by atoms with Gasteiger partial charge in [0.2, 0.25) is 0 Å². The molecule has 2 N–H and O–H groups in total. The second kappa shape index (κ2) is 6.10. The van der Waals surface area contributed by atoms with E-state index in [1.807, 2.05) is 6.07 Å². The quantitative estimate of drug-likeness (QED) is 0.845. The van der Waals surface area contributed by atoms with Crippen LogP contribution in [0.15, 0.2) is 18.2 Å². The Hall–Kier alpha value is -1.22. The molecular formula is C15H25NO2. The van der Waals surface area contributed by atoms with Gasteiger partial charge in [-0.1, -0.05) is 26.8 Å². The minimum absolute atomic E-state index is 0.0817. The van der Waals surface area contributed by atoms with E-state index in [-0.39, 0.29) is 5.41 Å². The highest BCUT2D eigenvalue weighted by Crippen LogP contribution is 2.36. The van der Waals surface area contributed by atoms with Crippen molar-refractivity contribution in [2.24, 2.45) is 11.7 Å². The van der Waals surface area contributed by atoms with Crippen LogP contribution in [0.5, 0.6) is 11.5 Å². The highest BCUT2D eigenvalue weighted by Gasteiger charge is 2.24. The summed E-state index contributed by atoms with van der Waals surface area (Å²) in [6.45, 7) is 7.38. The van der Waals surface area contributed by atoms with E-state index in [0.29, 0.717) is 5.92 Å². The lowest BCUT2D eigenvalue weighted by Crippen LogP contribution is -2.24. The Morgan fingerprint density at radius 2 is 1.78 bits per heavy atom. The van der Waals surface area contributed by atoms with E-state index < -0.39 is 0 Å². The Balaban J connectivity index is 3.01. The average molecular weight is 251 g/mol. The third kappa shape index (κ3) is 3.39. The fourth-order valence-corrected chi connectivity index (χ4v) is 2.33. The summed E-state index contributed by atoms with van der Waals surface area (Å²) in [5.74, 6) is 2.06. The predicted molar refractivity (Wildman–Crippen MR) is 75.4 cm³/mol. The summed E-state index contributed by atoms with van der Waals surface area (Å²) < 4.78 is 10.6. The van der Waals surface area contributed by atoms with Gasteiger partial charge in [0.25, 0.3) is 0 Å². The molecule has 102 valence electrons. The molecule has 0 aromatic heterocycles. The molecule has 1 aromatic carbocycles. The van der Waals surface area contributed by atoms with E-state index in [1.54, 1.807) is 14.2 Å². The van der Waals surface area contributed by atoms with Crippen molar-refractivity contribution < 1.29 is 9.47 Å². The highest BCUT2D eigenvalue weighted by molar-refractivity contribution is 5.44. The Kier molecular flexibility index (Phi) is 5.03. The minimum Gasteiger partial charge on any atom is -0.493 e. The van der Waals surface area contributed by atoms with Gasteiger partial charge in [0.05, 0.1) is 14.2 Å². The fraction of sp³-hybridized carbons (Fsp3) is 0.600. The number of nitrogens with two attached hydrogens (primary N) is 1. The van der Waals surface area contributed by atoms with Crippen LogP contribution in [-0.4, -0.2) is 20.8 Å². The molecule has 3 heteroatoms. The lowest BCUT2D eigenvalue weighted by Gasteiger charge is -2.29. The standard InChI is InChI=1S/C15H25NO2/c1-11(10-16)9-15(2,3)12-6-7-13(17-4)14(8-12)18-5/h6-8,11H,9-10,16H2,1-5H3. The van der Waals surface area contributed by atoms with Crippen LogP contribution in [0.25, 0.3) is 0 Å². The molecule has 0 aliphatic heterocycles. The van der Waals surface area contributed by atoms with Crippen LogP contribution in [0.1, 0.15) is 32.8 Å². The molecule has 18 heavy (non-hydrogen) atoms. The molecule has 0 heterocycles. The molecule has 1 atom stereocenters. The van der Waals surface area contributed by atoms with Crippen molar-refractivity contribution in [3.05, 3.63) is 23.8 Å². The molecule has 0 saturated heterocycles. The molecule has 0 spiro atoms. The first-order valence-corrected chi connectivity index (χ1v) is 6.37. The van der Waals surface area contributed by atoms with Gasteiger partial charge >= 0.3 is 0 Å². The van der Waals surface area contributed by atoms with Crippen LogP contribution >= 0.6 is 0 Å². The highest BCUT2D eigenvalue weighted by atomic mass is 16.5. The van der Waals surface area contributed by atoms with Gasteiger partial charge in [-0.05, 0) is 42.0 Å². The van der Waals surface area contributed by atoms with Crippen molar-refractivity contribution in [2.75, 3.05) is 20.8 Å². The van der Waals surface area contributed by atoms with Crippen LogP contribution in [-0.2, 0) is 5.41 Å². The normalized spacial score (nSPS) is 13.2. The maximum Gasteiger partial charge on any atom is 0.161 e. The molecule has 0 fully saturated rings. The van der Waals surface area contributed by atoms with Crippen LogP contribution in [0.3, 0.4) is 0 Å². The second-order valence-electron chi connectivity index (χ2n) is 5.50. The third-order valence-electron chi connectivity index (χ3n) is 3.43. The van der Waals surface area contributed by atoms with Gasteiger partial charge in [0, 0.05) is 0 Å². The number of hydrogen-bond donors (Lipinski definition) is 1. The number of methoxy groups -OCH3 is 2. The zero-order chi connectivity index (χ0) is 13.8. The van der Waals surface area contributed by atoms with Crippen molar-refractivity contribution in [3.63, 3.8) is 0 Å². The van der Waals surface area contributed by atoms with Crippen molar-refractivity contribution in [1.82, 2.24) is 0 Å². The minimum atomic E-state index is 0.0817. The Labute approximate surface area is 110 Å². The molecule has 0 radical (unpaired) electrons. The van der Waals surface area contributed by atoms with Gasteiger partial charge < -0.3 is 15.2 Å². The third-order valence-corrected chi connectivity index (χ3v) is 3.43. The average Bonchev–Trinajstić information content (AvgIpc) is 2.37. The van der Waals surface area contributed by atoms with E-state index in [9.17, 15) is 0 Å². The largest absolute Gasteiger partial charge is 0.493 e. The zero-order valence-corrected chi connectivity index (χ0v) is 12.1. The van der Waals surface area contributed by atoms with E-state index >= 15 is 0 Å². The molecule has 0 aliphatic carbocycles. The van der Waals surface area contributed by atoms with E-state index in [0.717, 1.165) is 24.5 Å². The Morgan fingerprint density at radius 3 is 2.28 bits per heavy atom. The Bertz CT molecular complexity index is 388. The van der Waals surface area contributed by atoms with Crippen LogP contribution in [0.2, 0.25) is 0 Å². The van der Waals surface area contributed by atoms with Crippen molar-refractivity contribution in [1.29, 1.82) is 0 Å². The number of rotatable bonds is 6. The molecule has 1 unspecified atom stereocenters. The summed E-state index contributed by atoms with van der Waals surface area (Å²) in [6, 6.07) is 6.12. The van der Waals surface area contributed by atoms with Gasteiger partial charge in [-0.2, -0.15) is 0 Å². The molecule has 0 bridgehead atoms. The van der Waals surface area contributed by atoms with Gasteiger partial charge in [0.1, 0.15) is 0 Å². The lowest BCUT2D eigenvalue weighted by molar-refractivity contribution is 0.349. The summed E-state index contributed by atoms with van der Waals surface area (Å²) in [4.78, 5) is 0. The Morgan fingerprint density at radius 1 is 1.17 bits per heavy atom. The number of benzene rings is 1. The van der Waals surface area contributed by atoms with Gasteiger partial charge in [-0.15, -0.1) is 0 Å². The first-order valence-electron chi connectivity index (χ1n) is 6.37. The number of ether oxygens (including phenoxy) is 2. The SMILES string of the molecule is COc1ccc(C(C)(C)CC(C)CN)cc1OC. The molecule has 0 aliphatic rings. The first-order chi connectivity index (χ1) is 8.44. The van der Waals surface area contributed by atoms with Gasteiger partial charge in [-0.25, -0.2) is 0 Å². The van der Waals surface area contributed by atoms with Crippen molar-refractivity contribution >= 4 is 0 Å². The van der Waals surface area contributed by atoms with Crippen LogP contribution in [0.4, 0.5) is 0 Å². The summed E-state index contributed by atoms with van der Waals surface area (Å²) in [5.41, 5.74) is 7.05. The zero-order valence-electron chi connectivity index (χ0n) is 12.1. The van der Waals surface area contributed by atoms with Crippen LogP contribution in [0, 0.1) is 5.92 Å². The maximum absolute atomic E-state index is 5.71. The molecule has 3 nitrogen and oxygen atoms in total. The van der Waals surface area contributed by atoms with Crippen molar-refractivity contribution in [3.8, 4) is 11.5 Å². The first kappa shape index (κ1) is 14.8. The molecule has 0 saturated carbocycles. The predicted octanol–water partition coefficient (Wildman–Crippen LogP) is 2.97. The molecule has 1 rings (SSSR count). The van der Waals surface area contributed by atoms with E-state index in [4.69, 9.17) is 15.2 Å². The summed E-state index contributed by atoms with van der Waals surface area (Å²) >= 11 is 0. The van der Waals surface area contributed by atoms with E-state index in [2.05, 4.69) is 32.9 Å². The maximum atomic E-state index is 5.71. The molecule has 1 aromatic rings. The molecule has 0 amide bonds. The lowest BCUT2D eigenvalue weighted by atomic mass is 9.77. The van der Waals surface area contributed by atoms with Crippen LogP contribution < -0.4 is 15.2 Å². The smallest absolute Gasteiger partial charge is 0.161 e. The fourth-order valence-electron chi connectivity index (χ4n) is 2.33. The summed E-state index contributed by atoms with van der Waals surface area (Å²) in [7, 11) is 3.32. The van der Waals surface area contributed by atoms with Crippen molar-refractivity contribution in [2.45, 2.75) is 32.6 Å². The van der Waals surface area contributed by atoms with Gasteiger partial charge in [-0.3, -0.25) is 0 Å².